The van der Waals surface area contributed by atoms with Gasteiger partial charge in [-0.3, -0.25) is 0 Å². The molecular formula is C16H24F3NO2. The summed E-state index contributed by atoms with van der Waals surface area (Å²) in [7, 11) is 0. The highest BCUT2D eigenvalue weighted by atomic mass is 19.4. The van der Waals surface area contributed by atoms with Crippen LogP contribution < -0.4 is 0 Å². The fourth-order valence-electron chi connectivity index (χ4n) is 2.39. The highest BCUT2D eigenvalue weighted by molar-refractivity contribution is 5.76. The first kappa shape index (κ1) is 18.6. The Labute approximate surface area is 129 Å². The Morgan fingerprint density at radius 2 is 1.86 bits per heavy atom. The number of hydrogen-bond donors (Lipinski definition) is 0. The number of likely N-dealkylation sites (tertiary alicyclic amines) is 1. The highest BCUT2D eigenvalue weighted by Crippen LogP contribution is 2.29. The van der Waals surface area contributed by atoms with E-state index in [1.54, 1.807) is 32.6 Å². The average Bonchev–Trinajstić information content (AvgIpc) is 2.35. The van der Waals surface area contributed by atoms with Crippen molar-refractivity contribution >= 4 is 5.97 Å². The van der Waals surface area contributed by atoms with Crippen LogP contribution in [0.15, 0.2) is 23.9 Å². The molecule has 1 saturated heterocycles. The molecule has 0 saturated carbocycles. The monoisotopic (exact) mass is 319 g/mol. The van der Waals surface area contributed by atoms with Gasteiger partial charge in [-0.1, -0.05) is 6.58 Å². The quantitative estimate of drug-likeness (QED) is 0.576. The Bertz CT molecular complexity index is 461. The summed E-state index contributed by atoms with van der Waals surface area (Å²) >= 11 is 0. The number of halogens is 3. The zero-order valence-electron chi connectivity index (χ0n) is 13.6. The molecule has 1 heterocycles. The van der Waals surface area contributed by atoms with Crippen LogP contribution in [-0.4, -0.2) is 35.2 Å². The summed E-state index contributed by atoms with van der Waals surface area (Å²) in [5.74, 6) is -0.391. The van der Waals surface area contributed by atoms with E-state index in [1.807, 2.05) is 0 Å². The van der Waals surface area contributed by atoms with Crippen LogP contribution >= 0.6 is 0 Å². The normalized spacial score (nSPS) is 20.8. The molecule has 0 radical (unpaired) electrons. The van der Waals surface area contributed by atoms with Gasteiger partial charge in [0.2, 0.25) is 0 Å². The van der Waals surface area contributed by atoms with E-state index in [2.05, 4.69) is 6.58 Å². The van der Waals surface area contributed by atoms with Crippen LogP contribution in [0, 0.1) is 0 Å². The number of alkyl halides is 3. The molecule has 0 bridgehead atoms. The summed E-state index contributed by atoms with van der Waals surface area (Å²) in [6.07, 6.45) is -1.20. The van der Waals surface area contributed by atoms with Crippen molar-refractivity contribution in [2.24, 2.45) is 0 Å². The van der Waals surface area contributed by atoms with Crippen LogP contribution in [0.25, 0.3) is 0 Å². The van der Waals surface area contributed by atoms with Gasteiger partial charge in [-0.15, -0.1) is 0 Å². The molecule has 126 valence electrons. The number of carbonyl (C=O) groups is 1. The minimum Gasteiger partial charge on any atom is -0.458 e. The van der Waals surface area contributed by atoms with E-state index < -0.39 is 29.4 Å². The summed E-state index contributed by atoms with van der Waals surface area (Å²) in [4.78, 5) is 14.0. The lowest BCUT2D eigenvalue weighted by Crippen LogP contribution is -2.46. The van der Waals surface area contributed by atoms with Crippen molar-refractivity contribution in [1.82, 2.24) is 4.90 Å². The number of carbonyl (C=O) groups excluding carboxylic acids is 1. The summed E-state index contributed by atoms with van der Waals surface area (Å²) in [6.45, 7) is 10.5. The van der Waals surface area contributed by atoms with Gasteiger partial charge < -0.3 is 9.64 Å². The molecular weight excluding hydrogens is 295 g/mol. The summed E-state index contributed by atoms with van der Waals surface area (Å²) in [6, 6.07) is -0.537. The minimum atomic E-state index is -4.46. The fraction of sp³-hybridized carbons (Fsp3) is 0.688. The van der Waals surface area contributed by atoms with Gasteiger partial charge in [0.25, 0.3) is 0 Å². The molecule has 0 N–H and O–H groups in total. The van der Waals surface area contributed by atoms with Crippen molar-refractivity contribution < 1.29 is 22.7 Å². The first-order valence-electron chi connectivity index (χ1n) is 7.36. The number of esters is 1. The average molecular weight is 319 g/mol. The molecule has 0 aliphatic carbocycles. The molecule has 0 unspecified atom stereocenters. The number of rotatable bonds is 3. The van der Waals surface area contributed by atoms with Gasteiger partial charge in [0.1, 0.15) is 11.6 Å². The maximum Gasteiger partial charge on any atom is 0.415 e. The lowest BCUT2D eigenvalue weighted by atomic mass is 10.0. The molecule has 6 heteroatoms. The van der Waals surface area contributed by atoms with Gasteiger partial charge >= 0.3 is 12.1 Å². The molecule has 0 aromatic rings. The number of nitrogens with zero attached hydrogens (tertiary/aromatic N) is 1. The van der Waals surface area contributed by atoms with E-state index in [0.29, 0.717) is 18.7 Å². The third-order valence-corrected chi connectivity index (χ3v) is 3.38. The van der Waals surface area contributed by atoms with Gasteiger partial charge in [0, 0.05) is 12.2 Å². The van der Waals surface area contributed by atoms with E-state index in [-0.39, 0.29) is 0 Å². The molecule has 1 rings (SSSR count). The van der Waals surface area contributed by atoms with Crippen molar-refractivity contribution in [2.75, 3.05) is 6.54 Å². The zero-order valence-corrected chi connectivity index (χ0v) is 13.6. The Balaban J connectivity index is 2.91. The standard InChI is InChI=1S/C16H24F3NO2/c1-11(16(17,18)19)10-12(2)20-9-7-6-8-13(20)14(21)22-15(3,4)5/h10,13H,1,6-9H2,2-5H3/t13-/m0/s1. The SMILES string of the molecule is C=C(C=C(C)N1CCCC[C@H]1C(=O)OC(C)(C)C)C(F)(F)F. The Kier molecular flexibility index (Phi) is 5.70. The predicted octanol–water partition coefficient (Wildman–Crippen LogP) is 4.20. The third-order valence-electron chi connectivity index (χ3n) is 3.38. The predicted molar refractivity (Wildman–Crippen MR) is 79.1 cm³/mol. The Morgan fingerprint density at radius 3 is 2.36 bits per heavy atom. The van der Waals surface area contributed by atoms with Crippen molar-refractivity contribution in [3.05, 3.63) is 23.9 Å². The second-order valence-electron chi connectivity index (χ2n) is 6.55. The second kappa shape index (κ2) is 6.75. The van der Waals surface area contributed by atoms with Crippen LogP contribution in [0.4, 0.5) is 13.2 Å². The molecule has 0 spiro atoms. The van der Waals surface area contributed by atoms with Crippen LogP contribution in [0.1, 0.15) is 47.0 Å². The first-order chi connectivity index (χ1) is 9.92. The minimum absolute atomic E-state index is 0.387. The second-order valence-corrected chi connectivity index (χ2v) is 6.55. The van der Waals surface area contributed by atoms with Crippen LogP contribution in [0.3, 0.4) is 0 Å². The van der Waals surface area contributed by atoms with Gasteiger partial charge in [0.15, 0.2) is 0 Å². The summed E-state index contributed by atoms with van der Waals surface area (Å²) < 4.78 is 43.2. The Morgan fingerprint density at radius 1 is 1.27 bits per heavy atom. The highest BCUT2D eigenvalue weighted by Gasteiger charge is 2.34. The van der Waals surface area contributed by atoms with E-state index in [4.69, 9.17) is 4.74 Å². The lowest BCUT2D eigenvalue weighted by Gasteiger charge is -2.38. The van der Waals surface area contributed by atoms with E-state index >= 15 is 0 Å². The van der Waals surface area contributed by atoms with Gasteiger partial charge in [-0.25, -0.2) is 4.79 Å². The van der Waals surface area contributed by atoms with Crippen molar-refractivity contribution in [2.45, 2.75) is 64.8 Å². The topological polar surface area (TPSA) is 29.5 Å². The van der Waals surface area contributed by atoms with Crippen LogP contribution in [0.5, 0.6) is 0 Å². The maximum absolute atomic E-state index is 12.6. The summed E-state index contributed by atoms with van der Waals surface area (Å²) in [5, 5.41) is 0. The van der Waals surface area contributed by atoms with E-state index in [9.17, 15) is 18.0 Å². The van der Waals surface area contributed by atoms with Crippen LogP contribution in [0.2, 0.25) is 0 Å². The van der Waals surface area contributed by atoms with E-state index in [1.165, 1.54) is 0 Å². The largest absolute Gasteiger partial charge is 0.458 e. The molecule has 1 fully saturated rings. The van der Waals surface area contributed by atoms with Crippen LogP contribution in [-0.2, 0) is 9.53 Å². The molecule has 1 aliphatic rings. The summed E-state index contributed by atoms with van der Waals surface area (Å²) in [5.41, 5.74) is -1.15. The molecule has 3 nitrogen and oxygen atoms in total. The van der Waals surface area contributed by atoms with Crippen molar-refractivity contribution in [3.63, 3.8) is 0 Å². The fourth-order valence-corrected chi connectivity index (χ4v) is 2.39. The van der Waals surface area contributed by atoms with Gasteiger partial charge in [-0.05, 0) is 53.0 Å². The molecule has 1 atom stereocenters. The molecule has 0 aromatic carbocycles. The number of allylic oxidation sites excluding steroid dienone is 3. The van der Waals surface area contributed by atoms with Crippen molar-refractivity contribution in [1.29, 1.82) is 0 Å². The van der Waals surface area contributed by atoms with Gasteiger partial charge in [-0.2, -0.15) is 13.2 Å². The molecule has 0 amide bonds. The third kappa shape index (κ3) is 5.39. The van der Waals surface area contributed by atoms with Gasteiger partial charge in [0.05, 0.1) is 5.57 Å². The zero-order chi connectivity index (χ0) is 17.1. The molecule has 22 heavy (non-hydrogen) atoms. The molecule has 1 aliphatic heterocycles. The number of hydrogen-bond acceptors (Lipinski definition) is 3. The number of ether oxygens (including phenoxy) is 1. The smallest absolute Gasteiger partial charge is 0.415 e. The Hall–Kier alpha value is -1.46. The lowest BCUT2D eigenvalue weighted by molar-refractivity contribution is -0.161. The first-order valence-corrected chi connectivity index (χ1v) is 7.36. The van der Waals surface area contributed by atoms with E-state index in [0.717, 1.165) is 18.9 Å². The maximum atomic E-state index is 12.6. The molecule has 0 aromatic heterocycles. The van der Waals surface area contributed by atoms with Crippen molar-refractivity contribution in [3.8, 4) is 0 Å². The number of piperidine rings is 1.